The molecule has 2 atom stereocenters. The molecule has 0 radical (unpaired) electrons. The van der Waals surface area contributed by atoms with Gasteiger partial charge in [0.15, 0.2) is 0 Å². The fourth-order valence-corrected chi connectivity index (χ4v) is 5.01. The maximum atomic E-state index is 13.5. The lowest BCUT2D eigenvalue weighted by Gasteiger charge is -2.23. The van der Waals surface area contributed by atoms with E-state index < -0.39 is 34.0 Å². The van der Waals surface area contributed by atoms with Gasteiger partial charge in [-0.1, -0.05) is 0 Å². The van der Waals surface area contributed by atoms with Crippen molar-refractivity contribution in [1.82, 2.24) is 5.32 Å². The van der Waals surface area contributed by atoms with Crippen LogP contribution in [-0.2, 0) is 14.8 Å². The van der Waals surface area contributed by atoms with E-state index in [-0.39, 0.29) is 24.3 Å². The summed E-state index contributed by atoms with van der Waals surface area (Å²) in [6.45, 7) is 1.74. The number of hydrogen-bond acceptors (Lipinski definition) is 6. The molecule has 10 heteroatoms. The first-order valence-electron chi connectivity index (χ1n) is 10.2. The van der Waals surface area contributed by atoms with Gasteiger partial charge in [0.25, 0.3) is 5.91 Å². The van der Waals surface area contributed by atoms with E-state index in [0.29, 0.717) is 27.8 Å². The molecule has 0 fully saturated rings. The number of benzene rings is 2. The van der Waals surface area contributed by atoms with Gasteiger partial charge in [0, 0.05) is 29.6 Å². The van der Waals surface area contributed by atoms with Gasteiger partial charge in [0.1, 0.15) is 17.2 Å². The van der Waals surface area contributed by atoms with Crippen molar-refractivity contribution in [2.24, 2.45) is 0 Å². The van der Waals surface area contributed by atoms with Crippen LogP contribution in [0.3, 0.4) is 0 Å². The van der Waals surface area contributed by atoms with E-state index in [0.717, 1.165) is 6.26 Å². The minimum Gasteiger partial charge on any atom is -0.455 e. The zero-order chi connectivity index (χ0) is 23.9. The molecule has 1 amide bonds. The zero-order valence-electron chi connectivity index (χ0n) is 18.3. The molecule has 4 rings (SSSR count). The first-order valence-corrected chi connectivity index (χ1v) is 12.1. The standard InChI is InChI=1S/C23H22FN3O5S/c1-13-17-10-18-20(11-19(17)27(33(3,29)30)12-16(31-13)8-9-25)32-22(21(18)23(28)26-2)14-4-6-15(24)7-5-14/h4-7,10-11,13,16H,8,12H2,1-3H3,(H,26,28). The fraction of sp³-hybridized carbons (Fsp3) is 0.304. The Morgan fingerprint density at radius 2 is 2.00 bits per heavy atom. The van der Waals surface area contributed by atoms with Crippen LogP contribution >= 0.6 is 0 Å². The SMILES string of the molecule is CNC(=O)c1c(-c2ccc(F)cc2)oc2cc3c(cc12)C(C)OC(CC#N)CN3S(C)(=O)=O. The highest BCUT2D eigenvalue weighted by atomic mass is 32.2. The van der Waals surface area contributed by atoms with E-state index >= 15 is 0 Å². The first-order chi connectivity index (χ1) is 15.6. The van der Waals surface area contributed by atoms with E-state index in [1.165, 1.54) is 35.6 Å². The lowest BCUT2D eigenvalue weighted by atomic mass is 10.0. The quantitative estimate of drug-likeness (QED) is 0.620. The van der Waals surface area contributed by atoms with Crippen LogP contribution in [-0.4, -0.2) is 40.3 Å². The molecule has 2 unspecified atom stereocenters. The lowest BCUT2D eigenvalue weighted by molar-refractivity contribution is 0.00952. The maximum absolute atomic E-state index is 13.5. The number of carbonyl (C=O) groups excluding carboxylic acids is 1. The number of nitrogens with zero attached hydrogens (tertiary/aromatic N) is 2. The number of halogens is 1. The number of hydrogen-bond donors (Lipinski definition) is 1. The molecule has 2 heterocycles. The smallest absolute Gasteiger partial charge is 0.255 e. The Hall–Kier alpha value is -3.42. The summed E-state index contributed by atoms with van der Waals surface area (Å²) in [6, 6.07) is 10.8. The van der Waals surface area contributed by atoms with Crippen molar-refractivity contribution < 1.29 is 26.8 Å². The van der Waals surface area contributed by atoms with E-state index in [4.69, 9.17) is 14.4 Å². The predicted octanol–water partition coefficient (Wildman–Crippen LogP) is 3.74. The summed E-state index contributed by atoms with van der Waals surface area (Å²) in [7, 11) is -2.22. The van der Waals surface area contributed by atoms with Crippen molar-refractivity contribution in [3.05, 3.63) is 53.3 Å². The first kappa shape index (κ1) is 22.8. The van der Waals surface area contributed by atoms with Crippen molar-refractivity contribution in [2.75, 3.05) is 24.2 Å². The van der Waals surface area contributed by atoms with E-state index in [1.54, 1.807) is 19.1 Å². The van der Waals surface area contributed by atoms with Gasteiger partial charge in [0.2, 0.25) is 10.0 Å². The van der Waals surface area contributed by atoms with E-state index in [1.807, 2.05) is 6.07 Å². The van der Waals surface area contributed by atoms with E-state index in [2.05, 4.69) is 5.32 Å². The third kappa shape index (κ3) is 4.17. The average Bonchev–Trinajstić information content (AvgIpc) is 3.07. The van der Waals surface area contributed by atoms with Crippen LogP contribution in [0.5, 0.6) is 0 Å². The zero-order valence-corrected chi connectivity index (χ0v) is 19.1. The minimum absolute atomic E-state index is 0.0247. The lowest BCUT2D eigenvalue weighted by Crippen LogP contribution is -2.36. The number of sulfonamides is 1. The second-order valence-electron chi connectivity index (χ2n) is 7.86. The number of furan rings is 1. The summed E-state index contributed by atoms with van der Waals surface area (Å²) in [6.07, 6.45) is -0.0518. The molecule has 0 spiro atoms. The molecule has 3 aromatic rings. The second-order valence-corrected chi connectivity index (χ2v) is 9.76. The van der Waals surface area contributed by atoms with Crippen LogP contribution in [0.2, 0.25) is 0 Å². The Labute approximate surface area is 190 Å². The Morgan fingerprint density at radius 1 is 1.30 bits per heavy atom. The van der Waals surface area contributed by atoms with Gasteiger partial charge in [-0.2, -0.15) is 5.26 Å². The third-order valence-electron chi connectivity index (χ3n) is 5.59. The number of ether oxygens (including phenoxy) is 1. The minimum atomic E-state index is -3.71. The molecule has 1 N–H and O–H groups in total. The van der Waals surface area contributed by atoms with Crippen LogP contribution < -0.4 is 9.62 Å². The number of nitrogens with one attached hydrogen (secondary N) is 1. The Balaban J connectivity index is 1.99. The second kappa shape index (κ2) is 8.50. The van der Waals surface area contributed by atoms with Gasteiger partial charge in [-0.25, -0.2) is 12.8 Å². The molecular formula is C23H22FN3O5S. The molecule has 8 nitrogen and oxygen atoms in total. The Morgan fingerprint density at radius 3 is 2.61 bits per heavy atom. The average molecular weight is 472 g/mol. The molecule has 0 saturated carbocycles. The number of rotatable bonds is 4. The molecule has 0 aliphatic carbocycles. The van der Waals surface area contributed by atoms with Gasteiger partial charge in [-0.15, -0.1) is 0 Å². The molecule has 33 heavy (non-hydrogen) atoms. The molecule has 0 bridgehead atoms. The summed E-state index contributed by atoms with van der Waals surface area (Å²) in [5.74, 6) is -0.589. The summed E-state index contributed by atoms with van der Waals surface area (Å²) in [4.78, 5) is 12.8. The normalized spacial score (nSPS) is 18.5. The van der Waals surface area contributed by atoms with Crippen LogP contribution in [0, 0.1) is 17.1 Å². The van der Waals surface area contributed by atoms with E-state index in [9.17, 15) is 17.6 Å². The summed E-state index contributed by atoms with van der Waals surface area (Å²) >= 11 is 0. The third-order valence-corrected chi connectivity index (χ3v) is 6.74. The topological polar surface area (TPSA) is 113 Å². The molecule has 0 saturated heterocycles. The highest BCUT2D eigenvalue weighted by Gasteiger charge is 2.33. The summed E-state index contributed by atoms with van der Waals surface area (Å²) in [5.41, 5.74) is 1.95. The molecule has 1 aliphatic rings. The number of carbonyl (C=O) groups is 1. The van der Waals surface area contributed by atoms with Gasteiger partial charge in [-0.3, -0.25) is 9.10 Å². The van der Waals surface area contributed by atoms with Gasteiger partial charge < -0.3 is 14.5 Å². The van der Waals surface area contributed by atoms with Gasteiger partial charge >= 0.3 is 0 Å². The molecular weight excluding hydrogens is 449 g/mol. The number of nitriles is 1. The maximum Gasteiger partial charge on any atom is 0.255 e. The highest BCUT2D eigenvalue weighted by molar-refractivity contribution is 7.92. The van der Waals surface area contributed by atoms with Crippen molar-refractivity contribution in [2.45, 2.75) is 25.6 Å². The van der Waals surface area contributed by atoms with Crippen molar-refractivity contribution in [3.8, 4) is 17.4 Å². The number of anilines is 1. The van der Waals surface area contributed by atoms with Crippen LogP contribution in [0.15, 0.2) is 40.8 Å². The number of amides is 1. The van der Waals surface area contributed by atoms with Crippen LogP contribution in [0.25, 0.3) is 22.3 Å². The van der Waals surface area contributed by atoms with Crippen LogP contribution in [0.1, 0.15) is 35.4 Å². The van der Waals surface area contributed by atoms with Crippen molar-refractivity contribution in [1.29, 1.82) is 5.26 Å². The fourth-order valence-electron chi connectivity index (χ4n) is 4.06. The van der Waals surface area contributed by atoms with Crippen molar-refractivity contribution >= 4 is 32.6 Å². The Kier molecular flexibility index (Phi) is 5.86. The molecule has 2 aromatic carbocycles. The molecule has 172 valence electrons. The highest BCUT2D eigenvalue weighted by Crippen LogP contribution is 2.42. The number of fused-ring (bicyclic) bond motifs is 2. The Bertz CT molecular complexity index is 1380. The molecule has 1 aliphatic heterocycles. The summed E-state index contributed by atoms with van der Waals surface area (Å²) in [5, 5.41) is 12.2. The predicted molar refractivity (Wildman–Crippen MR) is 121 cm³/mol. The molecule has 1 aromatic heterocycles. The summed E-state index contributed by atoms with van der Waals surface area (Å²) < 4.78 is 51.9. The van der Waals surface area contributed by atoms with Gasteiger partial charge in [-0.05, 0) is 37.3 Å². The largest absolute Gasteiger partial charge is 0.455 e. The van der Waals surface area contributed by atoms with Crippen molar-refractivity contribution in [3.63, 3.8) is 0 Å². The van der Waals surface area contributed by atoms with Crippen LogP contribution in [0.4, 0.5) is 10.1 Å². The monoisotopic (exact) mass is 471 g/mol. The van der Waals surface area contributed by atoms with Gasteiger partial charge in [0.05, 0.1) is 48.7 Å².